The maximum absolute atomic E-state index is 13.0. The van der Waals surface area contributed by atoms with E-state index in [1.165, 1.54) is 12.1 Å². The second-order valence-electron chi connectivity index (χ2n) is 8.71. The Morgan fingerprint density at radius 1 is 1.11 bits per heavy atom. The summed E-state index contributed by atoms with van der Waals surface area (Å²) in [6.07, 6.45) is 0. The standard InChI is InChI=1S/C25H29ClN2O7S/c1-15-8-21(26)20-10-23(28(3)22(20)9-15)25(32)27-16(2)18-4-6-19(7-5-18)36(33,34)14-24(31)35-13-17(11-29)12-30/h4-10,16-17,29-30H,11-14H2,1-3H3,(H,27,32). The first kappa shape index (κ1) is 27.7. The number of aromatic nitrogens is 1. The lowest BCUT2D eigenvalue weighted by atomic mass is 10.1. The Bertz CT molecular complexity index is 1360. The van der Waals surface area contributed by atoms with Crippen LogP contribution in [0.2, 0.25) is 5.02 Å². The van der Waals surface area contributed by atoms with Gasteiger partial charge in [-0.15, -0.1) is 0 Å². The van der Waals surface area contributed by atoms with Gasteiger partial charge in [-0.25, -0.2) is 8.42 Å². The van der Waals surface area contributed by atoms with Crippen LogP contribution in [0, 0.1) is 12.8 Å². The lowest BCUT2D eigenvalue weighted by Gasteiger charge is -2.15. The Kier molecular flexibility index (Phi) is 8.78. The van der Waals surface area contributed by atoms with Gasteiger partial charge in [0.15, 0.2) is 15.6 Å². The molecule has 1 aromatic heterocycles. The average molecular weight is 537 g/mol. The van der Waals surface area contributed by atoms with Crippen LogP contribution < -0.4 is 5.32 Å². The third-order valence-electron chi connectivity index (χ3n) is 5.88. The van der Waals surface area contributed by atoms with Gasteiger partial charge in [0.1, 0.15) is 5.69 Å². The highest BCUT2D eigenvalue weighted by molar-refractivity contribution is 7.92. The fraction of sp³-hybridized carbons (Fsp3) is 0.360. The van der Waals surface area contributed by atoms with E-state index in [2.05, 4.69) is 5.32 Å². The molecule has 9 nitrogen and oxygen atoms in total. The van der Waals surface area contributed by atoms with Crippen molar-refractivity contribution in [1.29, 1.82) is 0 Å². The van der Waals surface area contributed by atoms with E-state index in [1.807, 2.05) is 19.1 Å². The quantitative estimate of drug-likeness (QED) is 0.339. The molecule has 194 valence electrons. The molecule has 3 N–H and O–H groups in total. The maximum Gasteiger partial charge on any atom is 0.321 e. The van der Waals surface area contributed by atoms with Gasteiger partial charge in [-0.1, -0.05) is 23.7 Å². The van der Waals surface area contributed by atoms with Gasteiger partial charge in [-0.3, -0.25) is 9.59 Å². The summed E-state index contributed by atoms with van der Waals surface area (Å²) in [5, 5.41) is 22.3. The molecule has 0 aliphatic heterocycles. The number of carbonyl (C=O) groups excluding carboxylic acids is 2. The van der Waals surface area contributed by atoms with Gasteiger partial charge < -0.3 is 24.8 Å². The molecule has 0 saturated carbocycles. The highest BCUT2D eigenvalue weighted by atomic mass is 35.5. The van der Waals surface area contributed by atoms with Crippen molar-refractivity contribution in [3.05, 3.63) is 64.3 Å². The van der Waals surface area contributed by atoms with E-state index in [-0.39, 0.29) is 30.6 Å². The number of hydrogen-bond donors (Lipinski definition) is 3. The van der Waals surface area contributed by atoms with Gasteiger partial charge in [0, 0.05) is 18.4 Å². The number of fused-ring (bicyclic) bond motifs is 1. The molecule has 1 amide bonds. The second kappa shape index (κ2) is 11.4. The van der Waals surface area contributed by atoms with Crippen LogP contribution in [0.4, 0.5) is 0 Å². The van der Waals surface area contributed by atoms with Crippen molar-refractivity contribution in [3.63, 3.8) is 0 Å². The summed E-state index contributed by atoms with van der Waals surface area (Å²) >= 11 is 6.34. The Morgan fingerprint density at radius 2 is 1.75 bits per heavy atom. The summed E-state index contributed by atoms with van der Waals surface area (Å²) in [4.78, 5) is 24.8. The normalized spacial score (nSPS) is 12.6. The number of esters is 1. The molecule has 3 rings (SSSR count). The zero-order valence-electron chi connectivity index (χ0n) is 20.2. The van der Waals surface area contributed by atoms with Crippen LogP contribution in [0.1, 0.15) is 34.6 Å². The fourth-order valence-electron chi connectivity index (χ4n) is 3.71. The topological polar surface area (TPSA) is 135 Å². The van der Waals surface area contributed by atoms with Gasteiger partial charge in [-0.2, -0.15) is 0 Å². The predicted molar refractivity (Wildman–Crippen MR) is 136 cm³/mol. The van der Waals surface area contributed by atoms with E-state index in [9.17, 15) is 18.0 Å². The molecule has 1 atom stereocenters. The third kappa shape index (κ3) is 6.25. The molecule has 11 heteroatoms. The minimum atomic E-state index is -3.96. The lowest BCUT2D eigenvalue weighted by molar-refractivity contribution is -0.142. The number of ether oxygens (including phenoxy) is 1. The fourth-order valence-corrected chi connectivity index (χ4v) is 5.14. The summed E-state index contributed by atoms with van der Waals surface area (Å²) in [6.45, 7) is 2.65. The zero-order chi connectivity index (χ0) is 26.6. The Hall–Kier alpha value is -2.92. The SMILES string of the molecule is Cc1cc(Cl)c2cc(C(=O)NC(C)c3ccc(S(=O)(=O)CC(=O)OCC(CO)CO)cc3)n(C)c2c1. The van der Waals surface area contributed by atoms with Gasteiger partial charge >= 0.3 is 5.97 Å². The molecular formula is C25H29ClN2O7S. The first-order valence-electron chi connectivity index (χ1n) is 11.2. The van der Waals surface area contributed by atoms with Crippen LogP contribution in [-0.2, 0) is 26.4 Å². The van der Waals surface area contributed by atoms with Crippen LogP contribution in [-0.4, -0.2) is 60.6 Å². The second-order valence-corrected chi connectivity index (χ2v) is 11.1. The van der Waals surface area contributed by atoms with E-state index in [4.69, 9.17) is 26.6 Å². The molecule has 0 spiro atoms. The van der Waals surface area contributed by atoms with Crippen LogP contribution >= 0.6 is 11.6 Å². The number of hydrogen-bond acceptors (Lipinski definition) is 7. The molecule has 0 aliphatic rings. The van der Waals surface area contributed by atoms with Crippen molar-refractivity contribution < 1.29 is 33.0 Å². The summed E-state index contributed by atoms with van der Waals surface area (Å²) in [7, 11) is -2.17. The van der Waals surface area contributed by atoms with Crippen LogP contribution in [0.3, 0.4) is 0 Å². The molecule has 0 bridgehead atoms. The molecule has 0 aliphatic carbocycles. The van der Waals surface area contributed by atoms with Crippen molar-refractivity contribution in [1.82, 2.24) is 9.88 Å². The number of carbonyl (C=O) groups is 2. The number of aliphatic hydroxyl groups excluding tert-OH is 2. The van der Waals surface area contributed by atoms with E-state index < -0.39 is 33.5 Å². The maximum atomic E-state index is 13.0. The number of amides is 1. The Morgan fingerprint density at radius 3 is 2.36 bits per heavy atom. The first-order valence-corrected chi connectivity index (χ1v) is 13.3. The van der Waals surface area contributed by atoms with Crippen molar-refractivity contribution in [3.8, 4) is 0 Å². The number of rotatable bonds is 10. The van der Waals surface area contributed by atoms with Gasteiger partial charge in [0.2, 0.25) is 0 Å². The van der Waals surface area contributed by atoms with Gasteiger partial charge in [0.25, 0.3) is 5.91 Å². The van der Waals surface area contributed by atoms with Crippen molar-refractivity contribution in [2.45, 2.75) is 24.8 Å². The average Bonchev–Trinajstić information content (AvgIpc) is 3.16. The Balaban J connectivity index is 1.67. The third-order valence-corrected chi connectivity index (χ3v) is 7.80. The molecule has 1 heterocycles. The number of aliphatic hydroxyl groups is 2. The smallest absolute Gasteiger partial charge is 0.321 e. The largest absolute Gasteiger partial charge is 0.464 e. The van der Waals surface area contributed by atoms with Crippen LogP contribution in [0.5, 0.6) is 0 Å². The van der Waals surface area contributed by atoms with E-state index in [1.54, 1.807) is 36.7 Å². The molecule has 1 unspecified atom stereocenters. The van der Waals surface area contributed by atoms with Gasteiger partial charge in [-0.05, 0) is 55.3 Å². The van der Waals surface area contributed by atoms with E-state index >= 15 is 0 Å². The molecule has 36 heavy (non-hydrogen) atoms. The van der Waals surface area contributed by atoms with Crippen molar-refractivity contribution >= 4 is 44.2 Å². The minimum absolute atomic E-state index is 0.0683. The lowest BCUT2D eigenvalue weighted by Crippen LogP contribution is -2.28. The predicted octanol–water partition coefficient (Wildman–Crippen LogP) is 2.55. The highest BCUT2D eigenvalue weighted by Gasteiger charge is 2.23. The summed E-state index contributed by atoms with van der Waals surface area (Å²) in [5.74, 6) is -2.82. The number of benzene rings is 2. The molecule has 0 radical (unpaired) electrons. The van der Waals surface area contributed by atoms with E-state index in [0.717, 1.165) is 16.5 Å². The van der Waals surface area contributed by atoms with Gasteiger partial charge in [0.05, 0.1) is 41.3 Å². The first-order chi connectivity index (χ1) is 17.0. The molecule has 2 aromatic carbocycles. The number of sulfone groups is 1. The number of aryl methyl sites for hydroxylation is 2. The van der Waals surface area contributed by atoms with Crippen LogP contribution in [0.25, 0.3) is 10.9 Å². The highest BCUT2D eigenvalue weighted by Crippen LogP contribution is 2.28. The molecule has 0 fully saturated rings. The van der Waals surface area contributed by atoms with Crippen molar-refractivity contribution in [2.75, 3.05) is 25.6 Å². The molecular weight excluding hydrogens is 508 g/mol. The summed E-state index contributed by atoms with van der Waals surface area (Å²) in [5.41, 5.74) is 2.93. The molecule has 3 aromatic rings. The van der Waals surface area contributed by atoms with Crippen LogP contribution in [0.15, 0.2) is 47.4 Å². The number of nitrogens with one attached hydrogen (secondary N) is 1. The van der Waals surface area contributed by atoms with E-state index in [0.29, 0.717) is 16.3 Å². The monoisotopic (exact) mass is 536 g/mol. The summed E-state index contributed by atoms with van der Waals surface area (Å²) in [6, 6.07) is 11.0. The molecule has 0 saturated heterocycles. The Labute approximate surface area is 214 Å². The number of halogens is 1. The summed E-state index contributed by atoms with van der Waals surface area (Å²) < 4.78 is 31.7. The zero-order valence-corrected chi connectivity index (χ0v) is 21.8. The number of nitrogens with zero attached hydrogens (tertiary/aromatic N) is 1. The minimum Gasteiger partial charge on any atom is -0.464 e. The van der Waals surface area contributed by atoms with Crippen molar-refractivity contribution in [2.24, 2.45) is 13.0 Å².